The zero-order valence-electron chi connectivity index (χ0n) is 32.4. The summed E-state index contributed by atoms with van der Waals surface area (Å²) in [6.45, 7) is 12.0. The molecule has 14 nitrogen and oxygen atoms in total. The zero-order chi connectivity index (χ0) is 39.9. The first kappa shape index (κ1) is 39.2. The van der Waals surface area contributed by atoms with E-state index in [2.05, 4.69) is 78.4 Å². The average Bonchev–Trinajstić information content (AvgIpc) is 3.96. The number of amides is 1. The fourth-order valence-electron chi connectivity index (χ4n) is 7.28. The minimum Gasteiger partial charge on any atom is -0.339 e. The number of aryl methyl sites for hydroxylation is 4. The highest BCUT2D eigenvalue weighted by molar-refractivity contribution is 9.10. The van der Waals surface area contributed by atoms with Crippen LogP contribution in [0.3, 0.4) is 0 Å². The minimum atomic E-state index is -0.150. The van der Waals surface area contributed by atoms with Gasteiger partial charge in [-0.3, -0.25) is 19.3 Å². The molecule has 7 heterocycles. The number of anilines is 5. The summed E-state index contributed by atoms with van der Waals surface area (Å²) < 4.78 is 6.14. The number of fused-ring (bicyclic) bond motifs is 3. The van der Waals surface area contributed by atoms with Crippen LogP contribution in [0.5, 0.6) is 0 Å². The zero-order valence-corrected chi connectivity index (χ0v) is 35.7. The molecule has 8 rings (SSSR count). The summed E-state index contributed by atoms with van der Waals surface area (Å²) in [5.41, 5.74) is 7.09. The van der Waals surface area contributed by atoms with Crippen molar-refractivity contribution < 1.29 is 4.79 Å². The van der Waals surface area contributed by atoms with Gasteiger partial charge < -0.3 is 24.3 Å². The van der Waals surface area contributed by atoms with Crippen LogP contribution in [0.2, 0.25) is 0 Å². The van der Waals surface area contributed by atoms with Gasteiger partial charge in [-0.05, 0) is 88.8 Å². The third-order valence-electron chi connectivity index (χ3n) is 9.93. The van der Waals surface area contributed by atoms with Crippen LogP contribution in [0.1, 0.15) is 71.9 Å². The Bertz CT molecular complexity index is 2570. The molecule has 0 spiro atoms. The number of hydrogen-bond donors (Lipinski definition) is 2. The van der Waals surface area contributed by atoms with Gasteiger partial charge in [-0.1, -0.05) is 57.3 Å². The van der Waals surface area contributed by atoms with Gasteiger partial charge in [0.05, 0.1) is 0 Å². The molecule has 1 amide bonds. The molecule has 2 aliphatic rings. The van der Waals surface area contributed by atoms with Crippen LogP contribution in [0.15, 0.2) is 56.9 Å². The van der Waals surface area contributed by atoms with Crippen molar-refractivity contribution in [1.29, 1.82) is 0 Å². The highest BCUT2D eigenvalue weighted by atomic mass is 79.9. The molecule has 0 fully saturated rings. The predicted molar refractivity (Wildman–Crippen MR) is 226 cm³/mol. The predicted octanol–water partition coefficient (Wildman–Crippen LogP) is 7.06. The van der Waals surface area contributed by atoms with Gasteiger partial charge in [-0.2, -0.15) is 0 Å². The van der Waals surface area contributed by atoms with E-state index in [1.807, 2.05) is 37.1 Å². The first-order valence-corrected chi connectivity index (χ1v) is 21.0. The van der Waals surface area contributed by atoms with Gasteiger partial charge in [0.15, 0.2) is 0 Å². The van der Waals surface area contributed by atoms with E-state index in [0.29, 0.717) is 40.4 Å². The van der Waals surface area contributed by atoms with E-state index in [9.17, 15) is 14.4 Å². The lowest BCUT2D eigenvalue weighted by molar-refractivity contribution is 0.0963. The summed E-state index contributed by atoms with van der Waals surface area (Å²) in [5.74, 6) is 0.687. The Hall–Kier alpha value is -5.00. The number of pyridine rings is 3. The van der Waals surface area contributed by atoms with Crippen LogP contribution in [0, 0.1) is 5.41 Å². The number of nitrogens with zero attached hydrogens (tertiary/aromatic N) is 9. The van der Waals surface area contributed by atoms with Crippen molar-refractivity contribution >= 4 is 72.0 Å². The molecule has 0 unspecified atom stereocenters. The van der Waals surface area contributed by atoms with E-state index in [-0.39, 0.29) is 22.4 Å². The number of nitrogens with one attached hydrogen (secondary N) is 2. The molecule has 0 saturated carbocycles. The summed E-state index contributed by atoms with van der Waals surface area (Å²) >= 11 is 6.24. The monoisotopic (exact) mass is 857 g/mol. The minimum absolute atomic E-state index is 0.00128. The van der Waals surface area contributed by atoms with Crippen molar-refractivity contribution in [3.8, 4) is 11.1 Å². The average molecular weight is 859 g/mol. The number of hydrogen-bond acceptors (Lipinski definition) is 12. The number of aromatic nitrogens is 8. The second-order valence-corrected chi connectivity index (χ2v) is 17.7. The lowest BCUT2D eigenvalue weighted by atomic mass is 9.90. The van der Waals surface area contributed by atoms with Crippen molar-refractivity contribution in [2.45, 2.75) is 73.3 Å². The van der Waals surface area contributed by atoms with Crippen LogP contribution in [-0.4, -0.2) is 51.5 Å². The fourth-order valence-corrected chi connectivity index (χ4v) is 9.20. The molecule has 1 aliphatic heterocycles. The Morgan fingerprint density at radius 1 is 0.804 bits per heavy atom. The Labute approximate surface area is 340 Å². The molecule has 6 aromatic rings. The normalized spacial score (nSPS) is 14.3. The van der Waals surface area contributed by atoms with Crippen molar-refractivity contribution in [3.63, 3.8) is 0 Å². The smallest absolute Gasteiger partial charge is 0.276 e. The Balaban J connectivity index is 0.000000236. The van der Waals surface area contributed by atoms with Crippen LogP contribution in [-0.2, 0) is 52.7 Å². The SMILES string of the molecule is CCc1nnc(Nc2cc(-c3ccnc(N4CCn5c(cc6c5CC(C)(C)C6)C4=O)c3CC)cn(C)c2=O)s1.CCc1nnc(Nc2cc(Br)cn(C)c2=O)s1. The number of rotatable bonds is 9. The standard InChI is InChI=1S/C29H33N7O2S.C10H11BrN4OS/c1-6-19-20(18-12-21(26(37)34(5)16-18)31-28-33-32-24(7-2)39-28)8-9-30-25(19)36-11-10-35-22(27(36)38)13-17-14-29(3,4)15-23(17)35;1-3-8-13-14-10(17-8)12-7-4-6(11)5-15(2)9(7)16/h8-9,12-13,16H,6-7,10-11,14-15H2,1-5H3,(H,31,33);4-5H,3H2,1-2H3,(H,12,14). The Kier molecular flexibility index (Phi) is 11.1. The third kappa shape index (κ3) is 7.84. The molecule has 1 aliphatic carbocycles. The van der Waals surface area contributed by atoms with Gasteiger partial charge in [0.25, 0.3) is 17.0 Å². The van der Waals surface area contributed by atoms with E-state index in [1.165, 1.54) is 38.5 Å². The Morgan fingerprint density at radius 2 is 1.43 bits per heavy atom. The molecule has 17 heteroatoms. The van der Waals surface area contributed by atoms with E-state index < -0.39 is 0 Å². The third-order valence-corrected chi connectivity index (χ3v) is 12.3. The summed E-state index contributed by atoms with van der Waals surface area (Å²) in [6.07, 6.45) is 9.63. The first-order chi connectivity index (χ1) is 26.8. The topological polar surface area (TPSA) is 158 Å². The van der Waals surface area contributed by atoms with Gasteiger partial charge in [-0.25, -0.2) is 4.98 Å². The molecular weight excluding hydrogens is 815 g/mol. The van der Waals surface area contributed by atoms with Crippen molar-refractivity contribution in [3.05, 3.63) is 101 Å². The summed E-state index contributed by atoms with van der Waals surface area (Å²) in [7, 11) is 3.45. The maximum absolute atomic E-state index is 13.8. The first-order valence-electron chi connectivity index (χ1n) is 18.6. The molecule has 0 bridgehead atoms. The van der Waals surface area contributed by atoms with E-state index >= 15 is 0 Å². The maximum atomic E-state index is 13.8. The number of halogens is 1. The summed E-state index contributed by atoms with van der Waals surface area (Å²) in [5, 5.41) is 25.5. The van der Waals surface area contributed by atoms with E-state index in [0.717, 1.165) is 69.1 Å². The van der Waals surface area contributed by atoms with Gasteiger partial charge >= 0.3 is 0 Å². The molecule has 0 atom stereocenters. The quantitative estimate of drug-likeness (QED) is 0.154. The van der Waals surface area contributed by atoms with Gasteiger partial charge in [-0.15, -0.1) is 20.4 Å². The number of carbonyl (C=O) groups excluding carboxylic acids is 1. The largest absolute Gasteiger partial charge is 0.339 e. The lowest BCUT2D eigenvalue weighted by Gasteiger charge is -2.31. The van der Waals surface area contributed by atoms with Gasteiger partial charge in [0, 0.05) is 67.1 Å². The van der Waals surface area contributed by atoms with Crippen LogP contribution < -0.4 is 26.7 Å². The fraction of sp³-hybridized carbons (Fsp3) is 0.385. The molecule has 6 aromatic heterocycles. The van der Waals surface area contributed by atoms with E-state index in [4.69, 9.17) is 4.98 Å². The molecule has 2 N–H and O–H groups in total. The molecule has 292 valence electrons. The van der Waals surface area contributed by atoms with Crippen LogP contribution >= 0.6 is 38.6 Å². The molecular formula is C39H44BrN11O3S2. The number of carbonyl (C=O) groups is 1. The van der Waals surface area contributed by atoms with Crippen molar-refractivity contribution in [2.24, 2.45) is 19.5 Å². The van der Waals surface area contributed by atoms with Gasteiger partial charge in [0.1, 0.15) is 32.9 Å². The molecule has 56 heavy (non-hydrogen) atoms. The second-order valence-electron chi connectivity index (χ2n) is 14.6. The highest BCUT2D eigenvalue weighted by Crippen LogP contribution is 2.40. The van der Waals surface area contributed by atoms with Gasteiger partial charge in [0.2, 0.25) is 10.3 Å². The molecule has 0 aromatic carbocycles. The maximum Gasteiger partial charge on any atom is 0.276 e. The van der Waals surface area contributed by atoms with Crippen LogP contribution in [0.25, 0.3) is 11.1 Å². The van der Waals surface area contributed by atoms with Crippen LogP contribution in [0.4, 0.5) is 27.5 Å². The molecule has 0 radical (unpaired) electrons. The van der Waals surface area contributed by atoms with E-state index in [1.54, 1.807) is 37.1 Å². The summed E-state index contributed by atoms with van der Waals surface area (Å²) in [6, 6.07) is 7.63. The highest BCUT2D eigenvalue weighted by Gasteiger charge is 2.37. The van der Waals surface area contributed by atoms with Crippen molar-refractivity contribution in [1.82, 2.24) is 39.1 Å². The molecule has 0 saturated heterocycles. The van der Waals surface area contributed by atoms with Crippen molar-refractivity contribution in [2.75, 3.05) is 22.1 Å². The summed E-state index contributed by atoms with van der Waals surface area (Å²) in [4.78, 5) is 45.1. The lowest BCUT2D eigenvalue weighted by Crippen LogP contribution is -2.41. The second kappa shape index (κ2) is 15.9. The Morgan fingerprint density at radius 3 is 2.04 bits per heavy atom.